The van der Waals surface area contributed by atoms with Crippen LogP contribution in [0.3, 0.4) is 0 Å². The maximum atomic E-state index is 5.43. The van der Waals surface area contributed by atoms with Gasteiger partial charge in [0.2, 0.25) is 0 Å². The van der Waals surface area contributed by atoms with Gasteiger partial charge in [-0.3, -0.25) is 4.98 Å². The second-order valence-corrected chi connectivity index (χ2v) is 4.15. The summed E-state index contributed by atoms with van der Waals surface area (Å²) in [5, 5.41) is 3.40. The minimum Gasteiger partial charge on any atom is -0.383 e. The predicted molar refractivity (Wildman–Crippen MR) is 61.0 cm³/mol. The minimum atomic E-state index is 0.653. The molecule has 0 aliphatic carbocycles. The number of ether oxygens (including phenoxy) is 1. The molecule has 0 amide bonds. The Hall–Kier alpha value is -1.09. The number of hydrogen-bond acceptors (Lipinski definition) is 3. The molecule has 0 radical (unpaired) electrons. The van der Waals surface area contributed by atoms with Crippen LogP contribution in [0.4, 0.5) is 5.69 Å². The standard InChI is InChI=1S/C12H18N2O/c1-10-4-5-12(8-13-10)14-7-11-3-2-6-15-9-11/h4-5,8,11,14H,2-3,6-7,9H2,1H3. The Morgan fingerprint density at radius 3 is 3.13 bits per heavy atom. The van der Waals surface area contributed by atoms with Crippen LogP contribution in [0.2, 0.25) is 0 Å². The first-order valence-electron chi connectivity index (χ1n) is 5.59. The maximum Gasteiger partial charge on any atom is 0.0527 e. The third-order valence-electron chi connectivity index (χ3n) is 2.76. The Morgan fingerprint density at radius 1 is 1.53 bits per heavy atom. The number of nitrogens with zero attached hydrogens (tertiary/aromatic N) is 1. The molecule has 1 aliphatic rings. The van der Waals surface area contributed by atoms with Gasteiger partial charge in [0.05, 0.1) is 18.5 Å². The third-order valence-corrected chi connectivity index (χ3v) is 2.76. The summed E-state index contributed by atoms with van der Waals surface area (Å²) in [7, 11) is 0. The monoisotopic (exact) mass is 206 g/mol. The Balaban J connectivity index is 1.79. The Kier molecular flexibility index (Phi) is 3.56. The van der Waals surface area contributed by atoms with Crippen LogP contribution >= 0.6 is 0 Å². The van der Waals surface area contributed by atoms with Gasteiger partial charge in [0.15, 0.2) is 0 Å². The fourth-order valence-corrected chi connectivity index (χ4v) is 1.80. The summed E-state index contributed by atoms with van der Waals surface area (Å²) in [6, 6.07) is 4.10. The minimum absolute atomic E-state index is 0.653. The zero-order chi connectivity index (χ0) is 10.5. The van der Waals surface area contributed by atoms with E-state index >= 15 is 0 Å². The smallest absolute Gasteiger partial charge is 0.0527 e. The third kappa shape index (κ3) is 3.20. The Bertz CT molecular complexity index is 291. The molecule has 1 atom stereocenters. The SMILES string of the molecule is Cc1ccc(NCC2CCCOC2)cn1. The van der Waals surface area contributed by atoms with Crippen molar-refractivity contribution >= 4 is 5.69 Å². The molecule has 15 heavy (non-hydrogen) atoms. The molecule has 82 valence electrons. The Morgan fingerprint density at radius 2 is 2.47 bits per heavy atom. The average molecular weight is 206 g/mol. The molecule has 1 aromatic heterocycles. The van der Waals surface area contributed by atoms with Gasteiger partial charge in [-0.1, -0.05) is 0 Å². The van der Waals surface area contributed by atoms with Gasteiger partial charge in [-0.2, -0.15) is 0 Å². The van der Waals surface area contributed by atoms with E-state index in [0.717, 1.165) is 31.1 Å². The van der Waals surface area contributed by atoms with Gasteiger partial charge in [-0.15, -0.1) is 0 Å². The topological polar surface area (TPSA) is 34.1 Å². The lowest BCUT2D eigenvalue weighted by Gasteiger charge is -2.22. The van der Waals surface area contributed by atoms with Gasteiger partial charge in [0.25, 0.3) is 0 Å². The molecule has 2 heterocycles. The van der Waals surface area contributed by atoms with Crippen LogP contribution in [-0.4, -0.2) is 24.7 Å². The molecule has 1 N–H and O–H groups in total. The molecular formula is C12H18N2O. The van der Waals surface area contributed by atoms with Crippen LogP contribution < -0.4 is 5.32 Å². The van der Waals surface area contributed by atoms with E-state index in [0.29, 0.717) is 5.92 Å². The van der Waals surface area contributed by atoms with Crippen molar-refractivity contribution in [3.63, 3.8) is 0 Å². The lowest BCUT2D eigenvalue weighted by molar-refractivity contribution is 0.0595. The zero-order valence-electron chi connectivity index (χ0n) is 9.20. The van der Waals surface area contributed by atoms with Crippen LogP contribution in [0, 0.1) is 12.8 Å². The second kappa shape index (κ2) is 5.12. The average Bonchev–Trinajstić information content (AvgIpc) is 2.30. The highest BCUT2D eigenvalue weighted by Crippen LogP contribution is 2.14. The molecule has 0 spiro atoms. The van der Waals surface area contributed by atoms with E-state index in [2.05, 4.69) is 16.4 Å². The van der Waals surface area contributed by atoms with Crippen LogP contribution in [-0.2, 0) is 4.74 Å². The van der Waals surface area contributed by atoms with E-state index in [-0.39, 0.29) is 0 Å². The predicted octanol–water partition coefficient (Wildman–Crippen LogP) is 2.23. The van der Waals surface area contributed by atoms with Gasteiger partial charge in [-0.25, -0.2) is 0 Å². The summed E-state index contributed by atoms with van der Waals surface area (Å²) in [6.45, 7) is 4.82. The van der Waals surface area contributed by atoms with E-state index in [1.807, 2.05) is 19.2 Å². The Labute approximate surface area is 90.9 Å². The molecule has 3 heteroatoms. The van der Waals surface area contributed by atoms with Gasteiger partial charge in [0, 0.05) is 18.8 Å². The molecule has 1 aliphatic heterocycles. The van der Waals surface area contributed by atoms with Crippen molar-refractivity contribution in [3.05, 3.63) is 24.0 Å². The largest absolute Gasteiger partial charge is 0.383 e. The molecule has 1 unspecified atom stereocenters. The highest BCUT2D eigenvalue weighted by atomic mass is 16.5. The lowest BCUT2D eigenvalue weighted by Crippen LogP contribution is -2.24. The summed E-state index contributed by atoms with van der Waals surface area (Å²) < 4.78 is 5.43. The van der Waals surface area contributed by atoms with E-state index in [1.165, 1.54) is 12.8 Å². The van der Waals surface area contributed by atoms with E-state index < -0.39 is 0 Å². The maximum absolute atomic E-state index is 5.43. The van der Waals surface area contributed by atoms with E-state index in [4.69, 9.17) is 4.74 Å². The quantitative estimate of drug-likeness (QED) is 0.823. The summed E-state index contributed by atoms with van der Waals surface area (Å²) in [5.41, 5.74) is 2.16. The van der Waals surface area contributed by atoms with Gasteiger partial charge >= 0.3 is 0 Å². The van der Waals surface area contributed by atoms with Crippen molar-refractivity contribution in [2.75, 3.05) is 25.1 Å². The molecule has 1 aromatic rings. The number of aromatic nitrogens is 1. The van der Waals surface area contributed by atoms with Crippen molar-refractivity contribution in [2.45, 2.75) is 19.8 Å². The van der Waals surface area contributed by atoms with E-state index in [1.54, 1.807) is 0 Å². The number of anilines is 1. The fraction of sp³-hybridized carbons (Fsp3) is 0.583. The molecule has 1 saturated heterocycles. The van der Waals surface area contributed by atoms with Crippen molar-refractivity contribution in [1.82, 2.24) is 4.98 Å². The number of rotatable bonds is 3. The second-order valence-electron chi connectivity index (χ2n) is 4.15. The number of aryl methyl sites for hydroxylation is 1. The van der Waals surface area contributed by atoms with Crippen LogP contribution in [0.1, 0.15) is 18.5 Å². The summed E-state index contributed by atoms with van der Waals surface area (Å²) >= 11 is 0. The van der Waals surface area contributed by atoms with E-state index in [9.17, 15) is 0 Å². The summed E-state index contributed by atoms with van der Waals surface area (Å²) in [4.78, 5) is 4.25. The molecule has 0 saturated carbocycles. The fourth-order valence-electron chi connectivity index (χ4n) is 1.80. The zero-order valence-corrected chi connectivity index (χ0v) is 9.20. The summed E-state index contributed by atoms with van der Waals surface area (Å²) in [6.07, 6.45) is 4.35. The van der Waals surface area contributed by atoms with Crippen molar-refractivity contribution in [2.24, 2.45) is 5.92 Å². The first kappa shape index (κ1) is 10.4. The van der Waals surface area contributed by atoms with Gasteiger partial charge in [-0.05, 0) is 37.8 Å². The molecule has 2 rings (SSSR count). The molecule has 0 aromatic carbocycles. The highest BCUT2D eigenvalue weighted by Gasteiger charge is 2.13. The molecule has 0 bridgehead atoms. The van der Waals surface area contributed by atoms with Crippen molar-refractivity contribution in [3.8, 4) is 0 Å². The van der Waals surface area contributed by atoms with Crippen LogP contribution in [0.5, 0.6) is 0 Å². The van der Waals surface area contributed by atoms with Gasteiger partial charge < -0.3 is 10.1 Å². The highest BCUT2D eigenvalue weighted by molar-refractivity contribution is 5.40. The number of nitrogens with one attached hydrogen (secondary N) is 1. The van der Waals surface area contributed by atoms with Crippen LogP contribution in [0.15, 0.2) is 18.3 Å². The molecule has 1 fully saturated rings. The number of pyridine rings is 1. The van der Waals surface area contributed by atoms with Crippen molar-refractivity contribution in [1.29, 1.82) is 0 Å². The first-order chi connectivity index (χ1) is 7.34. The lowest BCUT2D eigenvalue weighted by atomic mass is 10.0. The normalized spacial score (nSPS) is 21.3. The number of hydrogen-bond donors (Lipinski definition) is 1. The summed E-state index contributed by atoms with van der Waals surface area (Å²) in [5.74, 6) is 0.653. The van der Waals surface area contributed by atoms with Gasteiger partial charge in [0.1, 0.15) is 0 Å². The first-order valence-corrected chi connectivity index (χ1v) is 5.59. The molecule has 3 nitrogen and oxygen atoms in total. The van der Waals surface area contributed by atoms with Crippen LogP contribution in [0.25, 0.3) is 0 Å². The van der Waals surface area contributed by atoms with Crippen molar-refractivity contribution < 1.29 is 4.74 Å². The molecular weight excluding hydrogens is 188 g/mol.